The highest BCUT2D eigenvalue weighted by Gasteiger charge is 2.26. The number of rotatable bonds is 6. The molecular weight excluding hydrogens is 324 g/mol. The number of benzene rings is 2. The summed E-state index contributed by atoms with van der Waals surface area (Å²) in [5.74, 6) is 0.838. The van der Waals surface area contributed by atoms with Gasteiger partial charge in [0.1, 0.15) is 5.76 Å². The SMILES string of the molecule is C[C@@H](N[C@H](C(=O)c1c[nH]c2ccccc12)c1ccccc1)c1ccco1. The number of hydrogen-bond acceptors (Lipinski definition) is 3. The zero-order valence-corrected chi connectivity index (χ0v) is 14.5. The molecule has 2 N–H and O–H groups in total. The quantitative estimate of drug-likeness (QED) is 0.482. The Hall–Kier alpha value is -3.11. The molecule has 4 aromatic rings. The van der Waals surface area contributed by atoms with Crippen LogP contribution in [0.4, 0.5) is 0 Å². The summed E-state index contributed by atoms with van der Waals surface area (Å²) < 4.78 is 5.49. The first-order chi connectivity index (χ1) is 12.7. The van der Waals surface area contributed by atoms with Crippen molar-refractivity contribution in [2.75, 3.05) is 0 Å². The van der Waals surface area contributed by atoms with Gasteiger partial charge < -0.3 is 9.40 Å². The van der Waals surface area contributed by atoms with Crippen molar-refractivity contribution in [3.63, 3.8) is 0 Å². The number of hydrogen-bond donors (Lipinski definition) is 2. The Bertz CT molecular complexity index is 1000. The van der Waals surface area contributed by atoms with E-state index in [2.05, 4.69) is 10.3 Å². The second kappa shape index (κ2) is 7.02. The number of aromatic nitrogens is 1. The van der Waals surface area contributed by atoms with E-state index in [4.69, 9.17) is 4.42 Å². The summed E-state index contributed by atoms with van der Waals surface area (Å²) in [6.07, 6.45) is 3.44. The predicted molar refractivity (Wildman–Crippen MR) is 102 cm³/mol. The number of H-pyrrole nitrogens is 1. The Morgan fingerprint density at radius 3 is 2.54 bits per heavy atom. The van der Waals surface area contributed by atoms with Gasteiger partial charge in [-0.05, 0) is 30.7 Å². The van der Waals surface area contributed by atoms with Gasteiger partial charge in [-0.25, -0.2) is 0 Å². The summed E-state index contributed by atoms with van der Waals surface area (Å²) in [6.45, 7) is 2.00. The van der Waals surface area contributed by atoms with Gasteiger partial charge in [-0.2, -0.15) is 0 Å². The van der Waals surface area contributed by atoms with Crippen LogP contribution >= 0.6 is 0 Å². The lowest BCUT2D eigenvalue weighted by atomic mass is 9.96. The largest absolute Gasteiger partial charge is 0.468 e. The van der Waals surface area contributed by atoms with Crippen molar-refractivity contribution in [2.45, 2.75) is 19.0 Å². The molecule has 4 rings (SSSR count). The highest BCUT2D eigenvalue weighted by molar-refractivity contribution is 6.10. The van der Waals surface area contributed by atoms with Crippen LogP contribution in [-0.4, -0.2) is 10.8 Å². The fraction of sp³-hybridized carbons (Fsp3) is 0.136. The van der Waals surface area contributed by atoms with E-state index in [0.717, 1.165) is 22.2 Å². The molecule has 26 heavy (non-hydrogen) atoms. The molecule has 2 atom stereocenters. The van der Waals surface area contributed by atoms with Crippen LogP contribution < -0.4 is 5.32 Å². The van der Waals surface area contributed by atoms with Crippen LogP contribution in [0.15, 0.2) is 83.6 Å². The van der Waals surface area contributed by atoms with Crippen LogP contribution in [0.1, 0.15) is 40.7 Å². The maximum Gasteiger partial charge on any atom is 0.186 e. The molecule has 0 unspecified atom stereocenters. The molecule has 0 spiro atoms. The highest BCUT2D eigenvalue weighted by Crippen LogP contribution is 2.27. The lowest BCUT2D eigenvalue weighted by molar-refractivity contribution is 0.0936. The molecule has 2 aromatic heterocycles. The van der Waals surface area contributed by atoms with Crippen molar-refractivity contribution in [1.29, 1.82) is 0 Å². The Kier molecular flexibility index (Phi) is 4.42. The van der Waals surface area contributed by atoms with E-state index >= 15 is 0 Å². The molecule has 2 aromatic carbocycles. The summed E-state index contributed by atoms with van der Waals surface area (Å²) in [5, 5.41) is 4.37. The molecule has 130 valence electrons. The zero-order chi connectivity index (χ0) is 17.9. The van der Waals surface area contributed by atoms with E-state index < -0.39 is 6.04 Å². The van der Waals surface area contributed by atoms with Crippen molar-refractivity contribution in [3.8, 4) is 0 Å². The first-order valence-corrected chi connectivity index (χ1v) is 8.69. The van der Waals surface area contributed by atoms with Gasteiger partial charge in [0.15, 0.2) is 5.78 Å². The van der Waals surface area contributed by atoms with E-state index in [9.17, 15) is 4.79 Å². The van der Waals surface area contributed by atoms with Crippen molar-refractivity contribution in [1.82, 2.24) is 10.3 Å². The number of para-hydroxylation sites is 1. The van der Waals surface area contributed by atoms with Crippen LogP contribution in [0.25, 0.3) is 10.9 Å². The summed E-state index contributed by atoms with van der Waals surface area (Å²) in [6, 6.07) is 20.9. The van der Waals surface area contributed by atoms with Gasteiger partial charge >= 0.3 is 0 Å². The normalized spacial score (nSPS) is 13.6. The van der Waals surface area contributed by atoms with Crippen LogP contribution in [-0.2, 0) is 0 Å². The van der Waals surface area contributed by atoms with Crippen molar-refractivity contribution in [2.24, 2.45) is 0 Å². The Morgan fingerprint density at radius 2 is 1.77 bits per heavy atom. The van der Waals surface area contributed by atoms with Gasteiger partial charge in [-0.1, -0.05) is 48.5 Å². The van der Waals surface area contributed by atoms with Crippen LogP contribution in [0.5, 0.6) is 0 Å². The van der Waals surface area contributed by atoms with E-state index in [0.29, 0.717) is 5.56 Å². The topological polar surface area (TPSA) is 58.0 Å². The van der Waals surface area contributed by atoms with Gasteiger partial charge in [0, 0.05) is 22.7 Å². The third-order valence-corrected chi connectivity index (χ3v) is 4.64. The first-order valence-electron chi connectivity index (χ1n) is 8.69. The Morgan fingerprint density at radius 1 is 1.00 bits per heavy atom. The molecule has 4 heteroatoms. The molecule has 0 aliphatic heterocycles. The molecular formula is C22H20N2O2. The first kappa shape index (κ1) is 16.4. The van der Waals surface area contributed by atoms with E-state index in [1.54, 1.807) is 12.5 Å². The number of carbonyl (C=O) groups is 1. The fourth-order valence-electron chi connectivity index (χ4n) is 3.27. The van der Waals surface area contributed by atoms with Crippen LogP contribution in [0, 0.1) is 0 Å². The minimum absolute atomic E-state index is 0.0343. The molecule has 0 bridgehead atoms. The number of nitrogens with one attached hydrogen (secondary N) is 2. The van der Waals surface area contributed by atoms with E-state index in [1.165, 1.54) is 0 Å². The lowest BCUT2D eigenvalue weighted by Crippen LogP contribution is -2.30. The van der Waals surface area contributed by atoms with E-state index in [1.807, 2.05) is 73.7 Å². The van der Waals surface area contributed by atoms with E-state index in [-0.39, 0.29) is 11.8 Å². The average molecular weight is 344 g/mol. The lowest BCUT2D eigenvalue weighted by Gasteiger charge is -2.21. The summed E-state index contributed by atoms with van der Waals surface area (Å²) in [5.41, 5.74) is 2.58. The van der Waals surface area contributed by atoms with Crippen molar-refractivity contribution < 1.29 is 9.21 Å². The van der Waals surface area contributed by atoms with Crippen LogP contribution in [0.2, 0.25) is 0 Å². The number of aromatic amines is 1. The van der Waals surface area contributed by atoms with Gasteiger partial charge in [0.25, 0.3) is 0 Å². The predicted octanol–water partition coefficient (Wildman–Crippen LogP) is 5.04. The third-order valence-electron chi connectivity index (χ3n) is 4.64. The van der Waals surface area contributed by atoms with Crippen molar-refractivity contribution in [3.05, 3.63) is 96.1 Å². The number of carbonyl (C=O) groups excluding carboxylic acids is 1. The zero-order valence-electron chi connectivity index (χ0n) is 14.5. The Balaban J connectivity index is 1.71. The van der Waals surface area contributed by atoms with Gasteiger partial charge in [0.2, 0.25) is 0 Å². The monoisotopic (exact) mass is 344 g/mol. The van der Waals surface area contributed by atoms with Crippen molar-refractivity contribution >= 4 is 16.7 Å². The Labute approximate surface area is 151 Å². The minimum Gasteiger partial charge on any atom is -0.468 e. The smallest absolute Gasteiger partial charge is 0.186 e. The molecule has 0 aliphatic carbocycles. The maximum absolute atomic E-state index is 13.4. The molecule has 0 fully saturated rings. The van der Waals surface area contributed by atoms with Gasteiger partial charge in [-0.15, -0.1) is 0 Å². The molecule has 0 amide bonds. The average Bonchev–Trinajstić information content (AvgIpc) is 3.36. The van der Waals surface area contributed by atoms with Gasteiger partial charge in [0.05, 0.1) is 18.3 Å². The fourth-order valence-corrected chi connectivity index (χ4v) is 3.27. The standard InChI is InChI=1S/C22H20N2O2/c1-15(20-12-7-13-26-20)24-21(16-8-3-2-4-9-16)22(25)18-14-23-19-11-6-5-10-17(18)19/h2-15,21,23-24H,1H3/t15-,21+/m1/s1. The molecule has 0 saturated heterocycles. The number of Topliss-reactive ketones (excluding diaryl/α,β-unsaturated/α-hetero) is 1. The summed E-state index contributed by atoms with van der Waals surface area (Å²) in [7, 11) is 0. The molecule has 0 saturated carbocycles. The molecule has 2 heterocycles. The second-order valence-electron chi connectivity index (χ2n) is 6.36. The summed E-state index contributed by atoms with van der Waals surface area (Å²) in [4.78, 5) is 16.6. The third kappa shape index (κ3) is 3.07. The molecule has 0 aliphatic rings. The molecule has 0 radical (unpaired) electrons. The second-order valence-corrected chi connectivity index (χ2v) is 6.36. The number of furan rings is 1. The minimum atomic E-state index is -0.462. The maximum atomic E-state index is 13.4. The van der Waals surface area contributed by atoms with Gasteiger partial charge in [-0.3, -0.25) is 10.1 Å². The highest BCUT2D eigenvalue weighted by atomic mass is 16.3. The van der Waals surface area contributed by atoms with Crippen LogP contribution in [0.3, 0.4) is 0 Å². The molecule has 4 nitrogen and oxygen atoms in total. The number of ketones is 1. The number of fused-ring (bicyclic) bond motifs is 1. The summed E-state index contributed by atoms with van der Waals surface area (Å²) >= 11 is 0.